The molecular formula is C24H35NO5. The number of benzene rings is 1. The van der Waals surface area contributed by atoms with Crippen LogP contribution in [-0.4, -0.2) is 46.2 Å². The SMILES string of the molecule is COC(=O)c1ccc(OC)c(NCC=C(C)CCC=C(C)COC2CCCCO2)c1. The van der Waals surface area contributed by atoms with E-state index in [1.807, 2.05) is 0 Å². The van der Waals surface area contributed by atoms with Crippen LogP contribution in [0.15, 0.2) is 41.5 Å². The van der Waals surface area contributed by atoms with Gasteiger partial charge in [-0.05, 0) is 64.2 Å². The van der Waals surface area contributed by atoms with E-state index in [9.17, 15) is 4.79 Å². The van der Waals surface area contributed by atoms with Crippen LogP contribution < -0.4 is 10.1 Å². The molecule has 166 valence electrons. The molecule has 6 heteroatoms. The van der Waals surface area contributed by atoms with Crippen molar-refractivity contribution in [2.75, 3.05) is 39.3 Å². The number of methoxy groups -OCH3 is 2. The van der Waals surface area contributed by atoms with E-state index in [-0.39, 0.29) is 12.3 Å². The second-order valence-corrected chi connectivity index (χ2v) is 7.53. The molecule has 1 atom stereocenters. The number of allylic oxidation sites excluding steroid dienone is 2. The van der Waals surface area contributed by atoms with Crippen molar-refractivity contribution in [2.45, 2.75) is 52.2 Å². The van der Waals surface area contributed by atoms with Crippen LogP contribution in [-0.2, 0) is 14.2 Å². The Morgan fingerprint density at radius 1 is 1.20 bits per heavy atom. The Morgan fingerprint density at radius 2 is 2.03 bits per heavy atom. The Balaban J connectivity index is 1.76. The fourth-order valence-electron chi connectivity index (χ4n) is 3.20. The minimum absolute atomic E-state index is 0.0375. The summed E-state index contributed by atoms with van der Waals surface area (Å²) in [6, 6.07) is 5.20. The van der Waals surface area contributed by atoms with E-state index in [4.69, 9.17) is 18.9 Å². The first-order chi connectivity index (χ1) is 14.5. The van der Waals surface area contributed by atoms with Crippen molar-refractivity contribution in [2.24, 2.45) is 0 Å². The van der Waals surface area contributed by atoms with Gasteiger partial charge in [0.1, 0.15) is 5.75 Å². The third kappa shape index (κ3) is 8.20. The summed E-state index contributed by atoms with van der Waals surface area (Å²) in [6.07, 6.45) is 9.63. The van der Waals surface area contributed by atoms with Crippen LogP contribution in [0.1, 0.15) is 56.3 Å². The van der Waals surface area contributed by atoms with Crippen LogP contribution in [0.3, 0.4) is 0 Å². The van der Waals surface area contributed by atoms with Gasteiger partial charge in [-0.3, -0.25) is 0 Å². The van der Waals surface area contributed by atoms with E-state index in [0.717, 1.165) is 38.0 Å². The minimum Gasteiger partial charge on any atom is -0.495 e. The van der Waals surface area contributed by atoms with Crippen molar-refractivity contribution < 1.29 is 23.7 Å². The number of anilines is 1. The number of nitrogens with one attached hydrogen (secondary N) is 1. The third-order valence-corrected chi connectivity index (χ3v) is 5.03. The van der Waals surface area contributed by atoms with E-state index in [0.29, 0.717) is 24.5 Å². The molecule has 1 N–H and O–H groups in total. The Hall–Kier alpha value is -2.31. The van der Waals surface area contributed by atoms with Crippen LogP contribution >= 0.6 is 0 Å². The zero-order valence-corrected chi connectivity index (χ0v) is 18.7. The van der Waals surface area contributed by atoms with Gasteiger partial charge >= 0.3 is 5.97 Å². The molecule has 0 radical (unpaired) electrons. The summed E-state index contributed by atoms with van der Waals surface area (Å²) in [5, 5.41) is 3.31. The van der Waals surface area contributed by atoms with Crippen molar-refractivity contribution in [3.63, 3.8) is 0 Å². The molecule has 6 nitrogen and oxygen atoms in total. The lowest BCUT2D eigenvalue weighted by atomic mass is 10.1. The molecule has 0 amide bonds. The van der Waals surface area contributed by atoms with E-state index < -0.39 is 0 Å². The molecule has 1 saturated heterocycles. The highest BCUT2D eigenvalue weighted by molar-refractivity contribution is 5.91. The molecule has 1 unspecified atom stereocenters. The van der Waals surface area contributed by atoms with Gasteiger partial charge in [-0.2, -0.15) is 0 Å². The molecule has 1 aromatic carbocycles. The van der Waals surface area contributed by atoms with Gasteiger partial charge in [-0.15, -0.1) is 0 Å². The van der Waals surface area contributed by atoms with Gasteiger partial charge in [0.05, 0.1) is 32.1 Å². The van der Waals surface area contributed by atoms with Gasteiger partial charge in [0, 0.05) is 13.2 Å². The van der Waals surface area contributed by atoms with E-state index >= 15 is 0 Å². The van der Waals surface area contributed by atoms with Crippen molar-refractivity contribution in [3.05, 3.63) is 47.1 Å². The molecule has 0 saturated carbocycles. The molecule has 0 aromatic heterocycles. The van der Waals surface area contributed by atoms with Gasteiger partial charge < -0.3 is 24.3 Å². The van der Waals surface area contributed by atoms with Crippen molar-refractivity contribution in [1.29, 1.82) is 0 Å². The average molecular weight is 418 g/mol. The highest BCUT2D eigenvalue weighted by Gasteiger charge is 2.13. The summed E-state index contributed by atoms with van der Waals surface area (Å²) in [5.74, 6) is 0.322. The second kappa shape index (κ2) is 13.1. The second-order valence-electron chi connectivity index (χ2n) is 7.53. The lowest BCUT2D eigenvalue weighted by Gasteiger charge is -2.22. The first-order valence-electron chi connectivity index (χ1n) is 10.6. The predicted octanol–water partition coefficient (Wildman–Crippen LogP) is 5.11. The van der Waals surface area contributed by atoms with Gasteiger partial charge in [0.2, 0.25) is 0 Å². The fraction of sp³-hybridized carbons (Fsp3) is 0.542. The molecule has 1 aliphatic rings. The molecule has 30 heavy (non-hydrogen) atoms. The summed E-state index contributed by atoms with van der Waals surface area (Å²) in [7, 11) is 2.98. The first kappa shape index (κ1) is 24.0. The number of carbonyl (C=O) groups excluding carboxylic acids is 1. The van der Waals surface area contributed by atoms with E-state index in [1.165, 1.54) is 24.7 Å². The Bertz CT molecular complexity index is 735. The smallest absolute Gasteiger partial charge is 0.337 e. The number of carbonyl (C=O) groups is 1. The maximum atomic E-state index is 11.7. The monoisotopic (exact) mass is 417 g/mol. The Kier molecular flexibility index (Phi) is 10.5. The molecule has 0 spiro atoms. The van der Waals surface area contributed by atoms with E-state index in [2.05, 4.69) is 31.3 Å². The standard InChI is InChI=1S/C24H35NO5/c1-18(8-7-9-19(2)17-30-23-10-5-6-15-29-23)13-14-25-21-16-20(24(26)28-4)11-12-22(21)27-3/h9,11-13,16,23,25H,5-8,10,14-15,17H2,1-4H3. The zero-order valence-electron chi connectivity index (χ0n) is 18.7. The summed E-state index contributed by atoms with van der Waals surface area (Å²) >= 11 is 0. The highest BCUT2D eigenvalue weighted by atomic mass is 16.7. The fourth-order valence-corrected chi connectivity index (χ4v) is 3.20. The zero-order chi connectivity index (χ0) is 21.8. The van der Waals surface area contributed by atoms with Crippen molar-refractivity contribution >= 4 is 11.7 Å². The predicted molar refractivity (Wildman–Crippen MR) is 119 cm³/mol. The number of hydrogen-bond donors (Lipinski definition) is 1. The molecule has 1 aliphatic heterocycles. The first-order valence-corrected chi connectivity index (χ1v) is 10.6. The average Bonchev–Trinajstić information content (AvgIpc) is 2.77. The normalized spacial score (nSPS) is 17.5. The van der Waals surface area contributed by atoms with Crippen LogP contribution in [0.25, 0.3) is 0 Å². The number of esters is 1. The summed E-state index contributed by atoms with van der Waals surface area (Å²) in [4.78, 5) is 11.7. The maximum Gasteiger partial charge on any atom is 0.337 e. The molecular weight excluding hydrogens is 382 g/mol. The quantitative estimate of drug-likeness (QED) is 0.399. The number of rotatable bonds is 11. The summed E-state index contributed by atoms with van der Waals surface area (Å²) in [6.45, 7) is 6.32. The number of ether oxygens (including phenoxy) is 4. The third-order valence-electron chi connectivity index (χ3n) is 5.03. The van der Waals surface area contributed by atoms with Gasteiger partial charge in [0.15, 0.2) is 6.29 Å². The van der Waals surface area contributed by atoms with Crippen LogP contribution in [0.2, 0.25) is 0 Å². The van der Waals surface area contributed by atoms with Crippen molar-refractivity contribution in [1.82, 2.24) is 0 Å². The molecule has 2 rings (SSSR count). The molecule has 1 heterocycles. The van der Waals surface area contributed by atoms with Crippen LogP contribution in [0, 0.1) is 0 Å². The molecule has 0 aliphatic carbocycles. The molecule has 1 aromatic rings. The lowest BCUT2D eigenvalue weighted by Crippen LogP contribution is -2.22. The van der Waals surface area contributed by atoms with Gasteiger partial charge in [-0.25, -0.2) is 4.79 Å². The van der Waals surface area contributed by atoms with Crippen molar-refractivity contribution in [3.8, 4) is 5.75 Å². The highest BCUT2D eigenvalue weighted by Crippen LogP contribution is 2.25. The van der Waals surface area contributed by atoms with Crippen LogP contribution in [0.5, 0.6) is 5.75 Å². The lowest BCUT2D eigenvalue weighted by molar-refractivity contribution is -0.156. The van der Waals surface area contributed by atoms with Gasteiger partial charge in [0.25, 0.3) is 0 Å². The maximum absolute atomic E-state index is 11.7. The van der Waals surface area contributed by atoms with Gasteiger partial charge in [-0.1, -0.05) is 23.3 Å². The summed E-state index contributed by atoms with van der Waals surface area (Å²) < 4.78 is 21.6. The molecule has 0 bridgehead atoms. The number of hydrogen-bond acceptors (Lipinski definition) is 6. The van der Waals surface area contributed by atoms with E-state index in [1.54, 1.807) is 25.3 Å². The topological polar surface area (TPSA) is 66.0 Å². The minimum atomic E-state index is -0.367. The largest absolute Gasteiger partial charge is 0.495 e. The molecule has 1 fully saturated rings. The van der Waals surface area contributed by atoms with Crippen LogP contribution in [0.4, 0.5) is 5.69 Å². The Labute approximate surface area is 180 Å². The Morgan fingerprint density at radius 3 is 2.73 bits per heavy atom. The summed E-state index contributed by atoms with van der Waals surface area (Å²) in [5.41, 5.74) is 3.79.